The van der Waals surface area contributed by atoms with Crippen molar-refractivity contribution in [2.75, 3.05) is 13.2 Å². The Kier molecular flexibility index (Phi) is 5.45. The third-order valence-electron chi connectivity index (χ3n) is 4.07. The van der Waals surface area contributed by atoms with Gasteiger partial charge in [0.05, 0.1) is 6.07 Å². The van der Waals surface area contributed by atoms with Crippen molar-refractivity contribution in [3.05, 3.63) is 29.3 Å². The topological polar surface area (TPSA) is 88.4 Å². The molecule has 1 aromatic carbocycles. The van der Waals surface area contributed by atoms with Gasteiger partial charge in [-0.2, -0.15) is 5.26 Å². The molecule has 24 heavy (non-hydrogen) atoms. The van der Waals surface area contributed by atoms with Crippen LogP contribution < -0.4 is 10.1 Å². The predicted octanol–water partition coefficient (Wildman–Crippen LogP) is 2.03. The van der Waals surface area contributed by atoms with Crippen LogP contribution in [0.2, 0.25) is 0 Å². The van der Waals surface area contributed by atoms with Gasteiger partial charge in [0.15, 0.2) is 13.2 Å². The largest absolute Gasteiger partial charge is 0.482 e. The minimum atomic E-state index is -0.890. The maximum absolute atomic E-state index is 11.8. The summed E-state index contributed by atoms with van der Waals surface area (Å²) in [5.74, 6) is -0.330. The van der Waals surface area contributed by atoms with Crippen LogP contribution in [0.25, 0.3) is 0 Å². The average molecular weight is 330 g/mol. The van der Waals surface area contributed by atoms with Crippen LogP contribution in [0.5, 0.6) is 5.75 Å². The van der Waals surface area contributed by atoms with Crippen LogP contribution in [0.4, 0.5) is 0 Å². The van der Waals surface area contributed by atoms with Gasteiger partial charge in [0.1, 0.15) is 11.3 Å². The van der Waals surface area contributed by atoms with Gasteiger partial charge < -0.3 is 14.8 Å². The van der Waals surface area contributed by atoms with E-state index in [9.17, 15) is 14.9 Å². The lowest BCUT2D eigenvalue weighted by atomic mass is 9.98. The van der Waals surface area contributed by atoms with Gasteiger partial charge in [-0.3, -0.25) is 4.79 Å². The molecule has 0 unspecified atom stereocenters. The second kappa shape index (κ2) is 7.35. The number of benzene rings is 1. The van der Waals surface area contributed by atoms with E-state index in [0.717, 1.165) is 24.0 Å². The summed E-state index contributed by atoms with van der Waals surface area (Å²) in [6, 6.07) is 7.75. The van der Waals surface area contributed by atoms with Crippen LogP contribution in [-0.2, 0) is 14.3 Å². The van der Waals surface area contributed by atoms with E-state index in [1.807, 2.05) is 26.0 Å². The highest BCUT2D eigenvalue weighted by Gasteiger charge is 2.43. The zero-order valence-corrected chi connectivity index (χ0v) is 14.2. The van der Waals surface area contributed by atoms with Crippen molar-refractivity contribution in [2.24, 2.45) is 5.92 Å². The summed E-state index contributed by atoms with van der Waals surface area (Å²) >= 11 is 0. The first-order chi connectivity index (χ1) is 11.3. The standard InChI is InChI=1S/C18H22N2O4/c1-12-4-7-15(13(2)8-12)23-10-17(22)24-9-16(21)20-18(3,11-19)14-5-6-14/h4,7-8,14H,5-6,9-10H2,1-3H3,(H,20,21)/t18-/m0/s1. The molecule has 1 amide bonds. The monoisotopic (exact) mass is 330 g/mol. The summed E-state index contributed by atoms with van der Waals surface area (Å²) in [7, 11) is 0. The molecule has 0 aromatic heterocycles. The van der Waals surface area contributed by atoms with Crippen LogP contribution in [0.3, 0.4) is 0 Å². The van der Waals surface area contributed by atoms with Crippen molar-refractivity contribution in [1.29, 1.82) is 5.26 Å². The Bertz CT molecular complexity index is 676. The van der Waals surface area contributed by atoms with Gasteiger partial charge in [-0.1, -0.05) is 17.7 Å². The van der Waals surface area contributed by atoms with Crippen molar-refractivity contribution in [2.45, 2.75) is 39.2 Å². The first-order valence-corrected chi connectivity index (χ1v) is 7.92. The fourth-order valence-corrected chi connectivity index (χ4v) is 2.49. The van der Waals surface area contributed by atoms with Crippen molar-refractivity contribution >= 4 is 11.9 Å². The third-order valence-corrected chi connectivity index (χ3v) is 4.07. The zero-order valence-electron chi connectivity index (χ0n) is 14.2. The van der Waals surface area contributed by atoms with Gasteiger partial charge in [-0.25, -0.2) is 4.79 Å². The van der Waals surface area contributed by atoms with E-state index < -0.39 is 24.0 Å². The summed E-state index contributed by atoms with van der Waals surface area (Å²) in [6.45, 7) is 4.87. The first-order valence-electron chi connectivity index (χ1n) is 7.92. The molecule has 6 heteroatoms. The molecule has 1 saturated carbocycles. The molecule has 0 saturated heterocycles. The van der Waals surface area contributed by atoms with Gasteiger partial charge in [0.25, 0.3) is 5.91 Å². The fraction of sp³-hybridized carbons (Fsp3) is 0.500. The minimum absolute atomic E-state index is 0.176. The molecule has 0 heterocycles. The summed E-state index contributed by atoms with van der Waals surface area (Å²) in [5, 5.41) is 11.8. The highest BCUT2D eigenvalue weighted by atomic mass is 16.6. The van der Waals surface area contributed by atoms with Gasteiger partial charge >= 0.3 is 5.97 Å². The molecule has 0 bridgehead atoms. The molecule has 0 spiro atoms. The molecule has 0 aliphatic heterocycles. The number of hydrogen-bond donors (Lipinski definition) is 1. The molecule has 1 aliphatic rings. The Morgan fingerprint density at radius 1 is 1.33 bits per heavy atom. The predicted molar refractivity (Wildman–Crippen MR) is 87.3 cm³/mol. The Morgan fingerprint density at radius 2 is 2.04 bits per heavy atom. The van der Waals surface area contributed by atoms with Crippen molar-refractivity contribution < 1.29 is 19.1 Å². The normalized spacial score (nSPS) is 15.8. The molecule has 0 radical (unpaired) electrons. The fourth-order valence-electron chi connectivity index (χ4n) is 2.49. The minimum Gasteiger partial charge on any atom is -0.482 e. The van der Waals surface area contributed by atoms with Crippen LogP contribution in [-0.4, -0.2) is 30.6 Å². The van der Waals surface area contributed by atoms with E-state index in [1.54, 1.807) is 13.0 Å². The molecular weight excluding hydrogens is 308 g/mol. The molecular formula is C18H22N2O4. The molecule has 6 nitrogen and oxygen atoms in total. The number of esters is 1. The van der Waals surface area contributed by atoms with E-state index in [1.165, 1.54) is 0 Å². The number of amides is 1. The second-order valence-corrected chi connectivity index (χ2v) is 6.35. The molecule has 1 aliphatic carbocycles. The molecule has 1 N–H and O–H groups in total. The lowest BCUT2D eigenvalue weighted by Crippen LogP contribution is -2.48. The number of nitrogens with one attached hydrogen (secondary N) is 1. The van der Waals surface area contributed by atoms with Gasteiger partial charge in [-0.05, 0) is 51.2 Å². The maximum Gasteiger partial charge on any atom is 0.344 e. The van der Waals surface area contributed by atoms with Gasteiger partial charge in [0.2, 0.25) is 0 Å². The SMILES string of the molecule is Cc1ccc(OCC(=O)OCC(=O)N[C@@](C)(C#N)C2CC2)c(C)c1. The summed E-state index contributed by atoms with van der Waals surface area (Å²) in [6.07, 6.45) is 1.85. The van der Waals surface area contributed by atoms with Crippen molar-refractivity contribution in [3.8, 4) is 11.8 Å². The Labute approximate surface area is 141 Å². The summed E-state index contributed by atoms with van der Waals surface area (Å²) < 4.78 is 10.3. The molecule has 2 rings (SSSR count). The lowest BCUT2D eigenvalue weighted by Gasteiger charge is -2.22. The van der Waals surface area contributed by atoms with E-state index in [0.29, 0.717) is 5.75 Å². The molecule has 1 fully saturated rings. The van der Waals surface area contributed by atoms with Gasteiger partial charge in [-0.15, -0.1) is 0 Å². The van der Waals surface area contributed by atoms with Crippen LogP contribution in [0.15, 0.2) is 18.2 Å². The number of carbonyl (C=O) groups is 2. The molecule has 1 aromatic rings. The quantitative estimate of drug-likeness (QED) is 0.773. The molecule has 1 atom stereocenters. The van der Waals surface area contributed by atoms with Crippen molar-refractivity contribution in [1.82, 2.24) is 5.32 Å². The maximum atomic E-state index is 11.8. The highest BCUT2D eigenvalue weighted by Crippen LogP contribution is 2.39. The third kappa shape index (κ3) is 4.72. The van der Waals surface area contributed by atoms with E-state index in [2.05, 4.69) is 11.4 Å². The number of ether oxygens (including phenoxy) is 2. The smallest absolute Gasteiger partial charge is 0.344 e. The second-order valence-electron chi connectivity index (χ2n) is 6.35. The lowest BCUT2D eigenvalue weighted by molar-refractivity contribution is -0.150. The summed E-state index contributed by atoms with van der Waals surface area (Å²) in [5.41, 5.74) is 1.14. The van der Waals surface area contributed by atoms with E-state index >= 15 is 0 Å². The Hall–Kier alpha value is -2.55. The highest BCUT2D eigenvalue weighted by molar-refractivity contribution is 5.81. The first kappa shape index (κ1) is 17.8. The van der Waals surface area contributed by atoms with Crippen LogP contribution in [0, 0.1) is 31.1 Å². The number of hydrogen-bond acceptors (Lipinski definition) is 5. The molecule has 128 valence electrons. The van der Waals surface area contributed by atoms with Gasteiger partial charge in [0, 0.05) is 0 Å². The van der Waals surface area contributed by atoms with E-state index in [-0.39, 0.29) is 12.5 Å². The zero-order chi connectivity index (χ0) is 17.7. The van der Waals surface area contributed by atoms with E-state index in [4.69, 9.17) is 9.47 Å². The van der Waals surface area contributed by atoms with Crippen molar-refractivity contribution in [3.63, 3.8) is 0 Å². The van der Waals surface area contributed by atoms with Crippen LogP contribution in [0.1, 0.15) is 30.9 Å². The number of carbonyl (C=O) groups excluding carboxylic acids is 2. The average Bonchev–Trinajstić information content (AvgIpc) is 3.37. The Balaban J connectivity index is 1.74. The Morgan fingerprint density at radius 3 is 2.62 bits per heavy atom. The summed E-state index contributed by atoms with van der Waals surface area (Å²) in [4.78, 5) is 23.5. The van der Waals surface area contributed by atoms with Crippen LogP contribution >= 0.6 is 0 Å². The number of rotatable bonds is 7. The number of nitrogens with zero attached hydrogens (tertiary/aromatic N) is 1. The number of aryl methyl sites for hydroxylation is 2. The number of nitriles is 1.